The summed E-state index contributed by atoms with van der Waals surface area (Å²) >= 11 is 6.36. The van der Waals surface area contributed by atoms with E-state index in [4.69, 9.17) is 21.3 Å². The van der Waals surface area contributed by atoms with Gasteiger partial charge in [0.05, 0.1) is 29.3 Å². The predicted octanol–water partition coefficient (Wildman–Crippen LogP) is 2.80. The van der Waals surface area contributed by atoms with Crippen LogP contribution in [-0.2, 0) is 11.2 Å². The van der Waals surface area contributed by atoms with Crippen molar-refractivity contribution in [1.29, 1.82) is 0 Å². The molecule has 1 atom stereocenters. The molecule has 0 radical (unpaired) electrons. The van der Waals surface area contributed by atoms with Crippen molar-refractivity contribution in [2.24, 2.45) is 0 Å². The van der Waals surface area contributed by atoms with Gasteiger partial charge in [-0.2, -0.15) is 0 Å². The average Bonchev–Trinajstić information content (AvgIpc) is 2.79. The SMILES string of the molecule is CC(C)n1c(CC2COCCN2)nc2cccc(Cl)c21. The Kier molecular flexibility index (Phi) is 3.96. The van der Waals surface area contributed by atoms with Gasteiger partial charge >= 0.3 is 0 Å². The third-order valence-electron chi connectivity index (χ3n) is 3.68. The van der Waals surface area contributed by atoms with Crippen molar-refractivity contribution in [2.45, 2.75) is 32.4 Å². The van der Waals surface area contributed by atoms with E-state index in [-0.39, 0.29) is 0 Å². The summed E-state index contributed by atoms with van der Waals surface area (Å²) in [6.07, 6.45) is 0.864. The third kappa shape index (κ3) is 2.55. The summed E-state index contributed by atoms with van der Waals surface area (Å²) in [7, 11) is 0. The van der Waals surface area contributed by atoms with Crippen LogP contribution in [0.1, 0.15) is 25.7 Å². The first kappa shape index (κ1) is 13.9. The number of morpholine rings is 1. The fourth-order valence-electron chi connectivity index (χ4n) is 2.83. The molecule has 0 aliphatic carbocycles. The fourth-order valence-corrected chi connectivity index (χ4v) is 3.09. The van der Waals surface area contributed by atoms with Crippen LogP contribution in [0.3, 0.4) is 0 Å². The molecule has 1 unspecified atom stereocenters. The second-order valence-corrected chi connectivity index (χ2v) is 5.94. The van der Waals surface area contributed by atoms with Gasteiger partial charge in [-0.1, -0.05) is 17.7 Å². The molecule has 5 heteroatoms. The van der Waals surface area contributed by atoms with E-state index < -0.39 is 0 Å². The minimum absolute atomic E-state index is 0.330. The lowest BCUT2D eigenvalue weighted by molar-refractivity contribution is 0.0761. The zero-order valence-electron chi connectivity index (χ0n) is 11.9. The third-order valence-corrected chi connectivity index (χ3v) is 3.98. The minimum Gasteiger partial charge on any atom is -0.379 e. The topological polar surface area (TPSA) is 39.1 Å². The van der Waals surface area contributed by atoms with E-state index in [9.17, 15) is 0 Å². The number of nitrogens with zero attached hydrogens (tertiary/aromatic N) is 2. The Morgan fingerprint density at radius 2 is 2.35 bits per heavy atom. The van der Waals surface area contributed by atoms with E-state index in [1.165, 1.54) is 0 Å². The molecule has 20 heavy (non-hydrogen) atoms. The quantitative estimate of drug-likeness (QED) is 0.946. The summed E-state index contributed by atoms with van der Waals surface area (Å²) in [4.78, 5) is 4.77. The van der Waals surface area contributed by atoms with Crippen molar-refractivity contribution in [3.63, 3.8) is 0 Å². The number of hydrogen-bond donors (Lipinski definition) is 1. The molecule has 1 aliphatic heterocycles. The Labute approximate surface area is 124 Å². The molecular formula is C15H20ClN3O. The van der Waals surface area contributed by atoms with Gasteiger partial charge in [0.15, 0.2) is 0 Å². The van der Waals surface area contributed by atoms with Gasteiger partial charge in [-0.25, -0.2) is 4.98 Å². The van der Waals surface area contributed by atoms with Gasteiger partial charge in [0.2, 0.25) is 0 Å². The van der Waals surface area contributed by atoms with Crippen LogP contribution in [0.4, 0.5) is 0 Å². The second kappa shape index (κ2) is 5.72. The Morgan fingerprint density at radius 3 is 3.05 bits per heavy atom. The number of rotatable bonds is 3. The number of nitrogens with one attached hydrogen (secondary N) is 1. The monoisotopic (exact) mass is 293 g/mol. The molecule has 108 valence electrons. The molecule has 0 spiro atoms. The molecule has 0 bridgehead atoms. The highest BCUT2D eigenvalue weighted by atomic mass is 35.5. The maximum atomic E-state index is 6.36. The molecule has 1 fully saturated rings. The highest BCUT2D eigenvalue weighted by molar-refractivity contribution is 6.35. The van der Waals surface area contributed by atoms with Gasteiger partial charge in [-0.15, -0.1) is 0 Å². The minimum atomic E-state index is 0.330. The lowest BCUT2D eigenvalue weighted by Gasteiger charge is -2.24. The smallest absolute Gasteiger partial charge is 0.111 e. The van der Waals surface area contributed by atoms with Crippen molar-refractivity contribution in [3.8, 4) is 0 Å². The summed E-state index contributed by atoms with van der Waals surface area (Å²) in [6, 6.07) is 6.56. The van der Waals surface area contributed by atoms with Gasteiger partial charge < -0.3 is 14.6 Å². The zero-order chi connectivity index (χ0) is 14.1. The molecule has 1 saturated heterocycles. The van der Waals surface area contributed by atoms with E-state index in [1.807, 2.05) is 18.2 Å². The van der Waals surface area contributed by atoms with Crippen LogP contribution in [-0.4, -0.2) is 35.4 Å². The number of halogens is 1. The first-order chi connectivity index (χ1) is 9.66. The molecule has 0 saturated carbocycles. The lowest BCUT2D eigenvalue weighted by Crippen LogP contribution is -2.43. The number of benzene rings is 1. The second-order valence-electron chi connectivity index (χ2n) is 5.53. The van der Waals surface area contributed by atoms with Gasteiger partial charge in [0.1, 0.15) is 5.82 Å². The number of para-hydroxylation sites is 1. The molecule has 1 N–H and O–H groups in total. The van der Waals surface area contributed by atoms with Crippen molar-refractivity contribution in [2.75, 3.05) is 19.8 Å². The van der Waals surface area contributed by atoms with Gasteiger partial charge in [-0.3, -0.25) is 0 Å². The van der Waals surface area contributed by atoms with Crippen LogP contribution in [0.15, 0.2) is 18.2 Å². The van der Waals surface area contributed by atoms with Crippen LogP contribution in [0.5, 0.6) is 0 Å². The van der Waals surface area contributed by atoms with E-state index in [0.717, 1.165) is 48.1 Å². The summed E-state index contributed by atoms with van der Waals surface area (Å²) in [5.41, 5.74) is 2.01. The normalized spacial score (nSPS) is 19.9. The molecule has 4 nitrogen and oxygen atoms in total. The van der Waals surface area contributed by atoms with Crippen LogP contribution in [0, 0.1) is 0 Å². The summed E-state index contributed by atoms with van der Waals surface area (Å²) < 4.78 is 7.77. The number of aromatic nitrogens is 2. The van der Waals surface area contributed by atoms with Crippen molar-refractivity contribution in [1.82, 2.24) is 14.9 Å². The van der Waals surface area contributed by atoms with Gasteiger partial charge in [-0.05, 0) is 26.0 Å². The zero-order valence-corrected chi connectivity index (χ0v) is 12.7. The van der Waals surface area contributed by atoms with E-state index >= 15 is 0 Å². The molecule has 0 amide bonds. The fraction of sp³-hybridized carbons (Fsp3) is 0.533. The molecule has 2 aromatic rings. The van der Waals surface area contributed by atoms with Crippen LogP contribution in [0.25, 0.3) is 11.0 Å². The lowest BCUT2D eigenvalue weighted by atomic mass is 10.2. The molecule has 2 heterocycles. The Morgan fingerprint density at radius 1 is 1.50 bits per heavy atom. The van der Waals surface area contributed by atoms with Gasteiger partial charge in [0.25, 0.3) is 0 Å². The maximum Gasteiger partial charge on any atom is 0.111 e. The first-order valence-electron chi connectivity index (χ1n) is 7.13. The van der Waals surface area contributed by atoms with Crippen molar-refractivity contribution in [3.05, 3.63) is 29.0 Å². The van der Waals surface area contributed by atoms with Crippen molar-refractivity contribution >= 4 is 22.6 Å². The Bertz CT molecular complexity index is 602. The van der Waals surface area contributed by atoms with Gasteiger partial charge in [0, 0.05) is 25.0 Å². The Balaban J connectivity index is 2.01. The predicted molar refractivity (Wildman–Crippen MR) is 81.4 cm³/mol. The number of ether oxygens (including phenoxy) is 1. The summed E-state index contributed by atoms with van der Waals surface area (Å²) in [5.74, 6) is 1.08. The van der Waals surface area contributed by atoms with Crippen LogP contribution >= 0.6 is 11.6 Å². The molecule has 3 rings (SSSR count). The number of imidazole rings is 1. The van der Waals surface area contributed by atoms with E-state index in [1.54, 1.807) is 0 Å². The first-order valence-corrected chi connectivity index (χ1v) is 7.51. The number of hydrogen-bond acceptors (Lipinski definition) is 3. The summed E-state index contributed by atoms with van der Waals surface area (Å²) in [6.45, 7) is 6.78. The largest absolute Gasteiger partial charge is 0.379 e. The highest BCUT2D eigenvalue weighted by Crippen LogP contribution is 2.28. The number of fused-ring (bicyclic) bond motifs is 1. The van der Waals surface area contributed by atoms with Crippen LogP contribution < -0.4 is 5.32 Å². The standard InChI is InChI=1S/C15H20ClN3O/c1-10(2)19-14(8-11-9-20-7-6-17-11)18-13-5-3-4-12(16)15(13)19/h3-5,10-11,17H,6-9H2,1-2H3. The van der Waals surface area contributed by atoms with Crippen LogP contribution in [0.2, 0.25) is 5.02 Å². The summed E-state index contributed by atoms with van der Waals surface area (Å²) in [5, 5.41) is 4.25. The molecule has 1 aromatic heterocycles. The van der Waals surface area contributed by atoms with E-state index in [0.29, 0.717) is 12.1 Å². The Hall–Kier alpha value is -1.10. The average molecular weight is 294 g/mol. The highest BCUT2D eigenvalue weighted by Gasteiger charge is 2.20. The molecular weight excluding hydrogens is 274 g/mol. The molecule has 1 aromatic carbocycles. The van der Waals surface area contributed by atoms with E-state index in [2.05, 4.69) is 23.7 Å². The maximum absolute atomic E-state index is 6.36. The molecule has 1 aliphatic rings. The van der Waals surface area contributed by atoms with Crippen molar-refractivity contribution < 1.29 is 4.74 Å².